The van der Waals surface area contributed by atoms with Gasteiger partial charge in [0.15, 0.2) is 5.82 Å². The van der Waals surface area contributed by atoms with Crippen LogP contribution < -0.4 is 0 Å². The molecule has 3 rings (SSSR count). The van der Waals surface area contributed by atoms with Crippen molar-refractivity contribution < 1.29 is 0 Å². The van der Waals surface area contributed by atoms with E-state index in [1.165, 1.54) is 43.3 Å². The Kier molecular flexibility index (Phi) is 3.63. The second kappa shape index (κ2) is 5.23. The van der Waals surface area contributed by atoms with Gasteiger partial charge in [-0.3, -0.25) is 4.68 Å². The number of aryl methyl sites for hydroxylation is 3. The van der Waals surface area contributed by atoms with Gasteiger partial charge in [-0.15, -0.1) is 0 Å². The standard InChI is InChI=1S/C17H21BrN4/c1-9-10(2)12(4)17-15(11(9)3)16(18)13(5)22(17)7-14-19-8-21(6)20-14/h8H,7H2,1-6H3. The van der Waals surface area contributed by atoms with Gasteiger partial charge in [0.05, 0.1) is 12.1 Å². The van der Waals surface area contributed by atoms with Crippen LogP contribution in [0.1, 0.15) is 33.8 Å². The number of hydrogen-bond donors (Lipinski definition) is 0. The van der Waals surface area contributed by atoms with E-state index in [0.717, 1.165) is 5.82 Å². The molecule has 2 heterocycles. The minimum absolute atomic E-state index is 0.692. The number of fused-ring (bicyclic) bond motifs is 1. The average molecular weight is 361 g/mol. The second-order valence-electron chi connectivity index (χ2n) is 6.04. The first-order valence-corrected chi connectivity index (χ1v) is 8.21. The highest BCUT2D eigenvalue weighted by Gasteiger charge is 2.20. The monoisotopic (exact) mass is 360 g/mol. The molecule has 0 unspecified atom stereocenters. The van der Waals surface area contributed by atoms with Crippen molar-refractivity contribution in [1.29, 1.82) is 0 Å². The fourth-order valence-corrected chi connectivity index (χ4v) is 3.86. The lowest BCUT2D eigenvalue weighted by Crippen LogP contribution is -2.06. The molecule has 22 heavy (non-hydrogen) atoms. The van der Waals surface area contributed by atoms with Crippen molar-refractivity contribution in [3.05, 3.63) is 44.6 Å². The van der Waals surface area contributed by atoms with E-state index >= 15 is 0 Å². The van der Waals surface area contributed by atoms with E-state index in [4.69, 9.17) is 0 Å². The maximum atomic E-state index is 4.42. The van der Waals surface area contributed by atoms with Gasteiger partial charge >= 0.3 is 0 Å². The molecule has 0 aliphatic carbocycles. The molecule has 0 aliphatic rings. The molecule has 0 saturated carbocycles. The van der Waals surface area contributed by atoms with E-state index in [2.05, 4.69) is 65.2 Å². The normalized spacial score (nSPS) is 11.6. The number of benzene rings is 1. The van der Waals surface area contributed by atoms with Crippen LogP contribution in [-0.2, 0) is 13.6 Å². The Labute approximate surface area is 139 Å². The molecular formula is C17H21BrN4. The Balaban J connectivity index is 2.33. The molecule has 2 aromatic heterocycles. The van der Waals surface area contributed by atoms with Crippen LogP contribution in [0.3, 0.4) is 0 Å². The van der Waals surface area contributed by atoms with E-state index in [1.54, 1.807) is 11.0 Å². The van der Waals surface area contributed by atoms with Crippen LogP contribution in [0.4, 0.5) is 0 Å². The quantitative estimate of drug-likeness (QED) is 0.688. The molecule has 3 aromatic rings. The van der Waals surface area contributed by atoms with E-state index in [1.807, 2.05) is 7.05 Å². The first-order chi connectivity index (χ1) is 10.3. The predicted octanol–water partition coefficient (Wildman–Crippen LogP) is 4.12. The van der Waals surface area contributed by atoms with Gasteiger partial charge in [-0.25, -0.2) is 4.98 Å². The summed E-state index contributed by atoms with van der Waals surface area (Å²) in [7, 11) is 1.90. The molecule has 4 nitrogen and oxygen atoms in total. The Hall–Kier alpha value is -1.62. The van der Waals surface area contributed by atoms with Crippen LogP contribution in [0.5, 0.6) is 0 Å². The van der Waals surface area contributed by atoms with Crippen LogP contribution in [0, 0.1) is 34.6 Å². The lowest BCUT2D eigenvalue weighted by atomic mass is 9.95. The van der Waals surface area contributed by atoms with Crippen LogP contribution in [0.15, 0.2) is 10.8 Å². The molecule has 1 aromatic carbocycles. The lowest BCUT2D eigenvalue weighted by Gasteiger charge is -2.14. The smallest absolute Gasteiger partial charge is 0.170 e. The van der Waals surface area contributed by atoms with Crippen molar-refractivity contribution in [2.24, 2.45) is 7.05 Å². The summed E-state index contributed by atoms with van der Waals surface area (Å²) in [5.74, 6) is 0.838. The topological polar surface area (TPSA) is 35.6 Å². The largest absolute Gasteiger partial charge is 0.336 e. The highest BCUT2D eigenvalue weighted by molar-refractivity contribution is 9.10. The number of nitrogens with zero attached hydrogens (tertiary/aromatic N) is 4. The number of hydrogen-bond acceptors (Lipinski definition) is 2. The van der Waals surface area contributed by atoms with E-state index in [-0.39, 0.29) is 0 Å². The Morgan fingerprint density at radius 3 is 2.23 bits per heavy atom. The van der Waals surface area contributed by atoms with Gasteiger partial charge in [-0.1, -0.05) is 0 Å². The van der Waals surface area contributed by atoms with Crippen molar-refractivity contribution in [3.8, 4) is 0 Å². The average Bonchev–Trinajstić information content (AvgIpc) is 2.99. The first kappa shape index (κ1) is 15.3. The van der Waals surface area contributed by atoms with Gasteiger partial charge in [0.1, 0.15) is 6.33 Å². The van der Waals surface area contributed by atoms with E-state index in [0.29, 0.717) is 6.54 Å². The van der Waals surface area contributed by atoms with Crippen LogP contribution in [0.2, 0.25) is 0 Å². The summed E-state index contributed by atoms with van der Waals surface area (Å²) in [4.78, 5) is 4.38. The van der Waals surface area contributed by atoms with E-state index in [9.17, 15) is 0 Å². The number of rotatable bonds is 2. The zero-order valence-corrected chi connectivity index (χ0v) is 15.5. The molecule has 0 spiro atoms. The fourth-order valence-electron chi connectivity index (χ4n) is 3.16. The summed E-state index contributed by atoms with van der Waals surface area (Å²) < 4.78 is 5.25. The number of halogens is 1. The fraction of sp³-hybridized carbons (Fsp3) is 0.412. The summed E-state index contributed by atoms with van der Waals surface area (Å²) in [6.07, 6.45) is 1.75. The third-order valence-electron chi connectivity index (χ3n) is 4.81. The molecule has 0 radical (unpaired) electrons. The van der Waals surface area contributed by atoms with Gasteiger partial charge in [0.25, 0.3) is 0 Å². The molecule has 116 valence electrons. The lowest BCUT2D eigenvalue weighted by molar-refractivity contribution is 0.704. The second-order valence-corrected chi connectivity index (χ2v) is 6.84. The summed E-state index contributed by atoms with van der Waals surface area (Å²) >= 11 is 3.80. The third-order valence-corrected chi connectivity index (χ3v) is 5.78. The van der Waals surface area contributed by atoms with Gasteiger partial charge < -0.3 is 4.57 Å². The van der Waals surface area contributed by atoms with Crippen LogP contribution in [-0.4, -0.2) is 19.3 Å². The van der Waals surface area contributed by atoms with Crippen molar-refractivity contribution in [2.45, 2.75) is 41.2 Å². The molecule has 0 bridgehead atoms. The van der Waals surface area contributed by atoms with Crippen molar-refractivity contribution in [3.63, 3.8) is 0 Å². The molecular weight excluding hydrogens is 340 g/mol. The highest BCUT2D eigenvalue weighted by atomic mass is 79.9. The minimum Gasteiger partial charge on any atom is -0.336 e. The Morgan fingerprint density at radius 2 is 1.64 bits per heavy atom. The molecule has 0 aliphatic heterocycles. The predicted molar refractivity (Wildman–Crippen MR) is 93.4 cm³/mol. The van der Waals surface area contributed by atoms with Gasteiger partial charge in [0, 0.05) is 22.6 Å². The summed E-state index contributed by atoms with van der Waals surface area (Å²) in [5, 5.41) is 5.74. The Bertz CT molecular complexity index is 886. The minimum atomic E-state index is 0.692. The van der Waals surface area contributed by atoms with Crippen molar-refractivity contribution in [1.82, 2.24) is 19.3 Å². The van der Waals surface area contributed by atoms with E-state index < -0.39 is 0 Å². The Morgan fingerprint density at radius 1 is 1.00 bits per heavy atom. The van der Waals surface area contributed by atoms with Crippen LogP contribution >= 0.6 is 15.9 Å². The zero-order valence-electron chi connectivity index (χ0n) is 14.0. The summed E-state index contributed by atoms with van der Waals surface area (Å²) in [6, 6.07) is 0. The van der Waals surface area contributed by atoms with Crippen molar-refractivity contribution in [2.75, 3.05) is 0 Å². The van der Waals surface area contributed by atoms with Gasteiger partial charge in [-0.2, -0.15) is 5.10 Å². The van der Waals surface area contributed by atoms with Crippen molar-refractivity contribution >= 4 is 26.8 Å². The molecule has 0 atom stereocenters. The van der Waals surface area contributed by atoms with Gasteiger partial charge in [0.2, 0.25) is 0 Å². The summed E-state index contributed by atoms with van der Waals surface area (Å²) in [5.41, 5.74) is 7.93. The van der Waals surface area contributed by atoms with Crippen LogP contribution in [0.25, 0.3) is 10.9 Å². The first-order valence-electron chi connectivity index (χ1n) is 7.42. The molecule has 5 heteroatoms. The molecule has 0 saturated heterocycles. The molecule has 0 N–H and O–H groups in total. The molecule has 0 amide bonds. The summed E-state index contributed by atoms with van der Waals surface area (Å²) in [6.45, 7) is 11.7. The third kappa shape index (κ3) is 2.10. The zero-order chi connectivity index (χ0) is 16.2. The SMILES string of the molecule is Cc1c(C)c(C)c2c(c1C)c(Br)c(C)n2Cc1ncn(C)n1. The number of aromatic nitrogens is 4. The van der Waals surface area contributed by atoms with Gasteiger partial charge in [-0.05, 0) is 72.8 Å². The molecule has 0 fully saturated rings. The highest BCUT2D eigenvalue weighted by Crippen LogP contribution is 2.38. The maximum absolute atomic E-state index is 4.42. The maximum Gasteiger partial charge on any atom is 0.170 e.